The van der Waals surface area contributed by atoms with Crippen LogP contribution in [-0.2, 0) is 16.1 Å². The molecule has 3 rings (SSSR count). The fourth-order valence-electron chi connectivity index (χ4n) is 3.27. The second kappa shape index (κ2) is 11.9. The van der Waals surface area contributed by atoms with Crippen LogP contribution in [0.3, 0.4) is 0 Å². The van der Waals surface area contributed by atoms with Crippen molar-refractivity contribution in [3.63, 3.8) is 0 Å². The van der Waals surface area contributed by atoms with E-state index in [0.717, 1.165) is 31.7 Å². The normalized spacial score (nSPS) is 13.8. The molecule has 1 fully saturated rings. The van der Waals surface area contributed by atoms with Crippen LogP contribution >= 0.6 is 0 Å². The van der Waals surface area contributed by atoms with Crippen molar-refractivity contribution in [2.45, 2.75) is 6.54 Å². The summed E-state index contributed by atoms with van der Waals surface area (Å²) in [6.07, 6.45) is 0. The van der Waals surface area contributed by atoms with Crippen LogP contribution in [-0.4, -0.2) is 81.0 Å². The number of ether oxygens (including phenoxy) is 2. The van der Waals surface area contributed by atoms with Crippen LogP contribution in [0, 0.1) is 0 Å². The summed E-state index contributed by atoms with van der Waals surface area (Å²) in [6.45, 7) is 3.17. The number of hydrogen-bond acceptors (Lipinski definition) is 6. The van der Waals surface area contributed by atoms with Crippen LogP contribution < -0.4 is 20.1 Å². The van der Waals surface area contributed by atoms with Crippen LogP contribution in [0.4, 0.5) is 0 Å². The van der Waals surface area contributed by atoms with Crippen molar-refractivity contribution >= 4 is 17.7 Å². The Morgan fingerprint density at radius 1 is 0.848 bits per heavy atom. The summed E-state index contributed by atoms with van der Waals surface area (Å²) in [5.74, 6) is 0.543. The molecule has 1 saturated heterocycles. The Hall–Kier alpha value is -3.59. The molecular formula is C24H30N4O5. The molecule has 0 radical (unpaired) electrons. The van der Waals surface area contributed by atoms with Crippen molar-refractivity contribution in [3.8, 4) is 11.5 Å². The first-order chi connectivity index (χ1) is 15.9. The van der Waals surface area contributed by atoms with Gasteiger partial charge in [-0.05, 0) is 49.0 Å². The summed E-state index contributed by atoms with van der Waals surface area (Å²) >= 11 is 0. The number of methoxy groups -OCH3 is 1. The molecule has 176 valence electrons. The summed E-state index contributed by atoms with van der Waals surface area (Å²) in [6, 6.07) is 14.1. The molecule has 1 aliphatic rings. The number of likely N-dealkylation sites (N-methyl/N-ethyl adjacent to an activating group) is 1. The minimum atomic E-state index is -0.396. The average Bonchev–Trinajstić information content (AvgIpc) is 2.85. The van der Waals surface area contributed by atoms with Gasteiger partial charge in [0.15, 0.2) is 6.61 Å². The van der Waals surface area contributed by atoms with E-state index in [2.05, 4.69) is 15.5 Å². The van der Waals surface area contributed by atoms with E-state index >= 15 is 0 Å². The zero-order chi connectivity index (χ0) is 23.6. The predicted molar refractivity (Wildman–Crippen MR) is 123 cm³/mol. The first-order valence-corrected chi connectivity index (χ1v) is 10.8. The van der Waals surface area contributed by atoms with Gasteiger partial charge in [0, 0.05) is 38.3 Å². The molecule has 9 nitrogen and oxygen atoms in total. The monoisotopic (exact) mass is 454 g/mol. The van der Waals surface area contributed by atoms with Gasteiger partial charge in [-0.1, -0.05) is 12.1 Å². The lowest BCUT2D eigenvalue weighted by atomic mass is 10.1. The van der Waals surface area contributed by atoms with E-state index in [9.17, 15) is 14.4 Å². The second-order valence-electron chi connectivity index (χ2n) is 7.81. The number of amides is 3. The average molecular weight is 455 g/mol. The van der Waals surface area contributed by atoms with Crippen molar-refractivity contribution in [1.82, 2.24) is 20.4 Å². The quantitative estimate of drug-likeness (QED) is 0.584. The number of benzene rings is 2. The van der Waals surface area contributed by atoms with E-state index in [1.165, 1.54) is 0 Å². The molecule has 2 aromatic rings. The van der Waals surface area contributed by atoms with Gasteiger partial charge >= 0.3 is 0 Å². The Morgan fingerprint density at radius 2 is 1.48 bits per heavy atom. The van der Waals surface area contributed by atoms with E-state index in [0.29, 0.717) is 23.6 Å². The third kappa shape index (κ3) is 7.50. The van der Waals surface area contributed by atoms with Crippen molar-refractivity contribution in [2.75, 3.05) is 53.5 Å². The number of carbonyl (C=O) groups excluding carboxylic acids is 3. The van der Waals surface area contributed by atoms with E-state index in [1.54, 1.807) is 43.5 Å². The highest BCUT2D eigenvalue weighted by molar-refractivity contribution is 5.94. The maximum absolute atomic E-state index is 12.6. The molecule has 0 saturated carbocycles. The maximum Gasteiger partial charge on any atom is 0.258 e. The minimum absolute atomic E-state index is 0.0262. The number of piperazine rings is 1. The lowest BCUT2D eigenvalue weighted by molar-refractivity contribution is -0.127. The highest BCUT2D eigenvalue weighted by Gasteiger charge is 2.20. The number of rotatable bonds is 9. The van der Waals surface area contributed by atoms with Crippen molar-refractivity contribution < 1.29 is 23.9 Å². The Labute approximate surface area is 193 Å². The third-order valence-electron chi connectivity index (χ3n) is 5.36. The number of hydrogen-bond donors (Lipinski definition) is 2. The van der Waals surface area contributed by atoms with Crippen molar-refractivity contribution in [2.24, 2.45) is 0 Å². The Bertz CT molecular complexity index is 938. The molecular weight excluding hydrogens is 424 g/mol. The van der Waals surface area contributed by atoms with Crippen molar-refractivity contribution in [3.05, 3.63) is 59.7 Å². The smallest absolute Gasteiger partial charge is 0.258 e. The van der Waals surface area contributed by atoms with E-state index in [1.807, 2.05) is 24.1 Å². The highest BCUT2D eigenvalue weighted by atomic mass is 16.5. The van der Waals surface area contributed by atoms with Gasteiger partial charge in [-0.2, -0.15) is 0 Å². The summed E-state index contributed by atoms with van der Waals surface area (Å²) in [5.41, 5.74) is 1.51. The van der Waals surface area contributed by atoms with Crippen LogP contribution in [0.25, 0.3) is 0 Å². The van der Waals surface area contributed by atoms with Crippen molar-refractivity contribution in [1.29, 1.82) is 0 Å². The molecule has 0 atom stereocenters. The van der Waals surface area contributed by atoms with Crippen LogP contribution in [0.1, 0.15) is 15.9 Å². The van der Waals surface area contributed by atoms with Gasteiger partial charge in [-0.15, -0.1) is 0 Å². The first-order valence-electron chi connectivity index (χ1n) is 10.8. The molecule has 1 aliphatic heterocycles. The summed E-state index contributed by atoms with van der Waals surface area (Å²) in [4.78, 5) is 40.6. The molecule has 0 unspecified atom stereocenters. The largest absolute Gasteiger partial charge is 0.497 e. The molecule has 3 amide bonds. The zero-order valence-corrected chi connectivity index (χ0v) is 19.0. The van der Waals surface area contributed by atoms with Gasteiger partial charge in [-0.3, -0.25) is 14.4 Å². The predicted octanol–water partition coefficient (Wildman–Crippen LogP) is 0.894. The SMILES string of the molecule is COc1ccc(OCC(=O)NCC(=O)NCc2ccc(C(=O)N3CCN(C)CC3)cc2)cc1. The Kier molecular flexibility index (Phi) is 8.65. The number of nitrogens with one attached hydrogen (secondary N) is 2. The lowest BCUT2D eigenvalue weighted by Gasteiger charge is -2.32. The first kappa shape index (κ1) is 24.1. The fraction of sp³-hybridized carbons (Fsp3) is 0.375. The minimum Gasteiger partial charge on any atom is -0.497 e. The fourth-order valence-corrected chi connectivity index (χ4v) is 3.27. The van der Waals surface area contributed by atoms with Crippen LogP contribution in [0.2, 0.25) is 0 Å². The molecule has 1 heterocycles. The standard InChI is InChI=1S/C24H30N4O5/c1-27-11-13-28(14-12-27)24(31)19-5-3-18(4-6-19)15-25-22(29)16-26-23(30)17-33-21-9-7-20(32-2)8-10-21/h3-10H,11-17H2,1-2H3,(H,25,29)(H,26,30). The second-order valence-corrected chi connectivity index (χ2v) is 7.81. The Morgan fingerprint density at radius 3 is 2.12 bits per heavy atom. The van der Waals surface area contributed by atoms with Gasteiger partial charge in [0.25, 0.3) is 11.8 Å². The van der Waals surface area contributed by atoms with Crippen LogP contribution in [0.15, 0.2) is 48.5 Å². The van der Waals surface area contributed by atoms with Gasteiger partial charge in [-0.25, -0.2) is 0 Å². The molecule has 9 heteroatoms. The maximum atomic E-state index is 12.6. The molecule has 2 N–H and O–H groups in total. The van der Waals surface area contributed by atoms with Gasteiger partial charge in [0.05, 0.1) is 13.7 Å². The molecule has 2 aromatic carbocycles. The summed E-state index contributed by atoms with van der Waals surface area (Å²) < 4.78 is 10.4. The van der Waals surface area contributed by atoms with E-state index < -0.39 is 5.91 Å². The van der Waals surface area contributed by atoms with E-state index in [-0.39, 0.29) is 25.0 Å². The molecule has 33 heavy (non-hydrogen) atoms. The molecule has 0 bridgehead atoms. The number of carbonyl (C=O) groups is 3. The van der Waals surface area contributed by atoms with Gasteiger partial charge < -0.3 is 29.9 Å². The number of nitrogens with zero attached hydrogens (tertiary/aromatic N) is 2. The highest BCUT2D eigenvalue weighted by Crippen LogP contribution is 2.16. The molecule has 0 aromatic heterocycles. The van der Waals surface area contributed by atoms with Gasteiger partial charge in [0.1, 0.15) is 11.5 Å². The summed E-state index contributed by atoms with van der Waals surface area (Å²) in [5, 5.41) is 5.27. The topological polar surface area (TPSA) is 100 Å². The lowest BCUT2D eigenvalue weighted by Crippen LogP contribution is -2.47. The van der Waals surface area contributed by atoms with Gasteiger partial charge in [0.2, 0.25) is 5.91 Å². The van der Waals surface area contributed by atoms with Crippen LogP contribution in [0.5, 0.6) is 11.5 Å². The third-order valence-corrected chi connectivity index (χ3v) is 5.36. The molecule has 0 spiro atoms. The zero-order valence-electron chi connectivity index (χ0n) is 19.0. The Balaban J connectivity index is 1.35. The summed E-state index contributed by atoms with van der Waals surface area (Å²) in [7, 11) is 3.62. The molecule has 0 aliphatic carbocycles. The van der Waals surface area contributed by atoms with E-state index in [4.69, 9.17) is 9.47 Å².